The van der Waals surface area contributed by atoms with Gasteiger partial charge in [-0.05, 0) is 34.0 Å². The summed E-state index contributed by atoms with van der Waals surface area (Å²) < 4.78 is 5.10. The molecule has 0 aliphatic heterocycles. The number of aliphatic hydroxyl groups excluding tert-OH is 1. The van der Waals surface area contributed by atoms with Gasteiger partial charge in [0.15, 0.2) is 0 Å². The third-order valence-electron chi connectivity index (χ3n) is 4.25. The molecule has 0 aliphatic rings. The van der Waals surface area contributed by atoms with E-state index in [-0.39, 0.29) is 12.6 Å². The van der Waals surface area contributed by atoms with Crippen molar-refractivity contribution in [3.8, 4) is 5.75 Å². The highest BCUT2D eigenvalue weighted by Gasteiger charge is 2.12. The minimum atomic E-state index is -0.771. The van der Waals surface area contributed by atoms with Crippen LogP contribution in [0.15, 0.2) is 66.7 Å². The van der Waals surface area contributed by atoms with Gasteiger partial charge < -0.3 is 20.5 Å². The third kappa shape index (κ3) is 4.32. The zero-order valence-electron chi connectivity index (χ0n) is 14.6. The smallest absolute Gasteiger partial charge is 0.315 e. The topological polar surface area (TPSA) is 70.6 Å². The monoisotopic (exact) mass is 350 g/mol. The standard InChI is InChI=1S/C21H22N2O3/c1-26-17-11-9-15(10-12-17)13-22-21(25)23-14-20(24)19-8-4-6-16-5-2-3-7-18(16)19/h2-12,20,24H,13-14H2,1H3,(H2,22,23,25). The number of nitrogens with one attached hydrogen (secondary N) is 2. The van der Waals surface area contributed by atoms with Crippen LogP contribution in [0.1, 0.15) is 17.2 Å². The van der Waals surface area contributed by atoms with Gasteiger partial charge in [-0.2, -0.15) is 0 Å². The molecule has 26 heavy (non-hydrogen) atoms. The molecule has 0 aliphatic carbocycles. The summed E-state index contributed by atoms with van der Waals surface area (Å²) in [6.45, 7) is 0.544. The van der Waals surface area contributed by atoms with E-state index in [2.05, 4.69) is 10.6 Å². The van der Waals surface area contributed by atoms with Crippen molar-refractivity contribution < 1.29 is 14.6 Å². The highest BCUT2D eigenvalue weighted by Crippen LogP contribution is 2.23. The fraction of sp³-hybridized carbons (Fsp3) is 0.190. The molecule has 0 heterocycles. The fourth-order valence-corrected chi connectivity index (χ4v) is 2.83. The van der Waals surface area contributed by atoms with Crippen molar-refractivity contribution in [1.82, 2.24) is 10.6 Å². The Bertz CT molecular complexity index is 873. The number of carbonyl (C=O) groups excluding carboxylic acids is 1. The molecule has 3 N–H and O–H groups in total. The summed E-state index contributed by atoms with van der Waals surface area (Å²) in [5, 5.41) is 18.0. The van der Waals surface area contributed by atoms with Crippen molar-refractivity contribution in [2.24, 2.45) is 0 Å². The van der Waals surface area contributed by atoms with Crippen LogP contribution in [0.5, 0.6) is 5.75 Å². The van der Waals surface area contributed by atoms with Crippen molar-refractivity contribution in [3.05, 3.63) is 77.9 Å². The summed E-state index contributed by atoms with van der Waals surface area (Å²) in [4.78, 5) is 12.0. The van der Waals surface area contributed by atoms with Gasteiger partial charge in [-0.3, -0.25) is 0 Å². The van der Waals surface area contributed by atoms with E-state index in [4.69, 9.17) is 4.74 Å². The molecule has 0 saturated heterocycles. The molecule has 134 valence electrons. The van der Waals surface area contributed by atoms with Crippen molar-refractivity contribution in [3.63, 3.8) is 0 Å². The molecular formula is C21H22N2O3. The van der Waals surface area contributed by atoms with Crippen molar-refractivity contribution in [1.29, 1.82) is 0 Å². The van der Waals surface area contributed by atoms with E-state index in [0.717, 1.165) is 27.6 Å². The number of fused-ring (bicyclic) bond motifs is 1. The number of ether oxygens (including phenoxy) is 1. The van der Waals surface area contributed by atoms with Crippen LogP contribution in [0, 0.1) is 0 Å². The molecule has 3 aromatic carbocycles. The average molecular weight is 350 g/mol. The summed E-state index contributed by atoms with van der Waals surface area (Å²) in [6.07, 6.45) is -0.771. The second kappa shape index (κ2) is 8.36. The van der Waals surface area contributed by atoms with Gasteiger partial charge in [0.25, 0.3) is 0 Å². The van der Waals surface area contributed by atoms with E-state index >= 15 is 0 Å². The number of rotatable bonds is 6. The first-order valence-electron chi connectivity index (χ1n) is 8.48. The van der Waals surface area contributed by atoms with Crippen molar-refractivity contribution in [2.45, 2.75) is 12.6 Å². The summed E-state index contributed by atoms with van der Waals surface area (Å²) in [6, 6.07) is 20.8. The molecule has 1 unspecified atom stereocenters. The quantitative estimate of drug-likeness (QED) is 0.638. The first kappa shape index (κ1) is 17.8. The van der Waals surface area contributed by atoms with E-state index in [0.29, 0.717) is 6.54 Å². The van der Waals surface area contributed by atoms with E-state index in [1.165, 1.54) is 0 Å². The van der Waals surface area contributed by atoms with Gasteiger partial charge >= 0.3 is 6.03 Å². The molecule has 0 fully saturated rings. The predicted molar refractivity (Wildman–Crippen MR) is 102 cm³/mol. The number of carbonyl (C=O) groups is 1. The summed E-state index contributed by atoms with van der Waals surface area (Å²) in [5.74, 6) is 0.774. The minimum absolute atomic E-state index is 0.141. The first-order valence-corrected chi connectivity index (χ1v) is 8.48. The van der Waals surface area contributed by atoms with E-state index < -0.39 is 6.10 Å². The Hall–Kier alpha value is -3.05. The van der Waals surface area contributed by atoms with Crippen LogP contribution in [0.3, 0.4) is 0 Å². The number of urea groups is 1. The molecule has 1 atom stereocenters. The van der Waals surface area contributed by atoms with E-state index in [1.54, 1.807) is 7.11 Å². The van der Waals surface area contributed by atoms with Gasteiger partial charge in [0.2, 0.25) is 0 Å². The lowest BCUT2D eigenvalue weighted by molar-refractivity contribution is 0.174. The number of hydrogen-bond acceptors (Lipinski definition) is 3. The van der Waals surface area contributed by atoms with Crippen LogP contribution < -0.4 is 15.4 Å². The number of methoxy groups -OCH3 is 1. The lowest BCUT2D eigenvalue weighted by Crippen LogP contribution is -2.37. The Kier molecular flexibility index (Phi) is 5.71. The molecule has 0 spiro atoms. The zero-order valence-corrected chi connectivity index (χ0v) is 14.6. The highest BCUT2D eigenvalue weighted by molar-refractivity contribution is 5.86. The number of hydrogen-bond donors (Lipinski definition) is 3. The van der Waals surface area contributed by atoms with Crippen LogP contribution in [-0.4, -0.2) is 24.8 Å². The maximum absolute atomic E-state index is 12.0. The molecule has 0 bridgehead atoms. The van der Waals surface area contributed by atoms with Crippen LogP contribution in [0.25, 0.3) is 10.8 Å². The SMILES string of the molecule is COc1ccc(CNC(=O)NCC(O)c2cccc3ccccc23)cc1. The van der Waals surface area contributed by atoms with Gasteiger partial charge in [0, 0.05) is 13.1 Å². The Labute approximate surface area is 152 Å². The Morgan fingerprint density at radius 3 is 2.50 bits per heavy atom. The van der Waals surface area contributed by atoms with Crippen molar-refractivity contribution >= 4 is 16.8 Å². The van der Waals surface area contributed by atoms with Gasteiger partial charge in [-0.25, -0.2) is 4.79 Å². The second-order valence-electron chi connectivity index (χ2n) is 6.00. The molecule has 0 saturated carbocycles. The highest BCUT2D eigenvalue weighted by atomic mass is 16.5. The lowest BCUT2D eigenvalue weighted by atomic mass is 10.0. The third-order valence-corrected chi connectivity index (χ3v) is 4.25. The van der Waals surface area contributed by atoms with Gasteiger partial charge in [0.05, 0.1) is 13.2 Å². The number of benzene rings is 3. The summed E-state index contributed by atoms with van der Waals surface area (Å²) in [7, 11) is 1.61. The first-order chi connectivity index (χ1) is 12.7. The molecule has 0 radical (unpaired) electrons. The fourth-order valence-electron chi connectivity index (χ4n) is 2.83. The summed E-state index contributed by atoms with van der Waals surface area (Å²) >= 11 is 0. The predicted octanol–water partition coefficient (Wildman–Crippen LogP) is 3.38. The molecule has 3 rings (SSSR count). The number of amides is 2. The maximum atomic E-state index is 12.0. The molecule has 0 aromatic heterocycles. The molecular weight excluding hydrogens is 328 g/mol. The van der Waals surface area contributed by atoms with E-state index in [1.807, 2.05) is 66.7 Å². The van der Waals surface area contributed by atoms with Crippen LogP contribution in [-0.2, 0) is 6.54 Å². The number of aliphatic hydroxyl groups is 1. The van der Waals surface area contributed by atoms with Gasteiger partial charge in [0.1, 0.15) is 5.75 Å². The summed E-state index contributed by atoms with van der Waals surface area (Å²) in [5.41, 5.74) is 1.77. The molecule has 5 heteroatoms. The zero-order chi connectivity index (χ0) is 18.4. The normalized spacial score (nSPS) is 11.8. The Balaban J connectivity index is 1.53. The van der Waals surface area contributed by atoms with Crippen molar-refractivity contribution in [2.75, 3.05) is 13.7 Å². The maximum Gasteiger partial charge on any atom is 0.315 e. The largest absolute Gasteiger partial charge is 0.497 e. The van der Waals surface area contributed by atoms with Crippen LogP contribution in [0.2, 0.25) is 0 Å². The Morgan fingerprint density at radius 1 is 1.00 bits per heavy atom. The molecule has 5 nitrogen and oxygen atoms in total. The minimum Gasteiger partial charge on any atom is -0.497 e. The van der Waals surface area contributed by atoms with Gasteiger partial charge in [-0.1, -0.05) is 54.6 Å². The average Bonchev–Trinajstić information content (AvgIpc) is 2.70. The lowest BCUT2D eigenvalue weighted by Gasteiger charge is -2.15. The van der Waals surface area contributed by atoms with Crippen LogP contribution in [0.4, 0.5) is 4.79 Å². The van der Waals surface area contributed by atoms with E-state index in [9.17, 15) is 9.90 Å². The Morgan fingerprint density at radius 2 is 1.73 bits per heavy atom. The molecule has 3 aromatic rings. The molecule has 2 amide bonds. The van der Waals surface area contributed by atoms with Gasteiger partial charge in [-0.15, -0.1) is 0 Å². The second-order valence-corrected chi connectivity index (χ2v) is 6.00. The van der Waals surface area contributed by atoms with Crippen LogP contribution >= 0.6 is 0 Å².